The lowest BCUT2D eigenvalue weighted by Gasteiger charge is -2.29. The van der Waals surface area contributed by atoms with Gasteiger partial charge in [0.05, 0.1) is 23.0 Å². The van der Waals surface area contributed by atoms with Gasteiger partial charge < -0.3 is 14.8 Å². The summed E-state index contributed by atoms with van der Waals surface area (Å²) < 4.78 is 16.3. The van der Waals surface area contributed by atoms with Gasteiger partial charge in [0, 0.05) is 48.5 Å². The fraction of sp³-hybridized carbons (Fsp3) is 0.357. The molecule has 192 valence electrons. The molecule has 1 aromatic carbocycles. The average molecular weight is 520 g/mol. The zero-order chi connectivity index (χ0) is 26.1. The van der Waals surface area contributed by atoms with Crippen LogP contribution >= 0.6 is 11.3 Å². The summed E-state index contributed by atoms with van der Waals surface area (Å²) in [6, 6.07) is 6.47. The van der Waals surface area contributed by atoms with E-state index in [4.69, 9.17) is 0 Å². The van der Waals surface area contributed by atoms with Crippen molar-refractivity contribution in [2.24, 2.45) is 0 Å². The minimum absolute atomic E-state index is 0.0199. The quantitative estimate of drug-likeness (QED) is 0.362. The van der Waals surface area contributed by atoms with E-state index in [1.165, 1.54) is 29.0 Å². The lowest BCUT2D eigenvalue weighted by Crippen LogP contribution is -2.37. The summed E-state index contributed by atoms with van der Waals surface area (Å²) in [6.07, 6.45) is 10.9. The van der Waals surface area contributed by atoms with Crippen molar-refractivity contribution < 1.29 is 14.0 Å². The molecule has 5 rings (SSSR count). The van der Waals surface area contributed by atoms with Crippen molar-refractivity contribution in [3.63, 3.8) is 0 Å². The Morgan fingerprint density at radius 2 is 1.95 bits per heavy atom. The molecule has 9 heteroatoms. The Hall–Kier alpha value is -3.59. The number of nitrogens with one attached hydrogen (secondary N) is 1. The van der Waals surface area contributed by atoms with Crippen LogP contribution in [0.1, 0.15) is 71.2 Å². The summed E-state index contributed by atoms with van der Waals surface area (Å²) in [5, 5.41) is 6.49. The van der Waals surface area contributed by atoms with Crippen molar-refractivity contribution in [1.29, 1.82) is 0 Å². The molecule has 0 aliphatic heterocycles. The van der Waals surface area contributed by atoms with Crippen molar-refractivity contribution in [3.8, 4) is 5.69 Å². The standard InChI is InChI=1S/C28H30FN5O2S/c1-17(2)33(3)28(36)22-14-19(29)6-9-24(22)34-16-23(21-10-11-30-15-25(21)34)18-4-7-20(8-5-18)32-26(35)27-31-12-13-37-27/h6,9-18,20H,4-5,7-8H2,1-3H3,(H,32,35). The van der Waals surface area contributed by atoms with E-state index in [0.717, 1.165) is 36.6 Å². The molecular weight excluding hydrogens is 489 g/mol. The molecule has 1 fully saturated rings. The van der Waals surface area contributed by atoms with Crippen LogP contribution in [0.4, 0.5) is 4.39 Å². The number of halogens is 1. The lowest BCUT2D eigenvalue weighted by atomic mass is 9.81. The fourth-order valence-electron chi connectivity index (χ4n) is 5.07. The second-order valence-electron chi connectivity index (χ2n) is 9.88. The van der Waals surface area contributed by atoms with Gasteiger partial charge in [0.2, 0.25) is 0 Å². The van der Waals surface area contributed by atoms with Crippen LogP contribution in [-0.4, -0.2) is 50.4 Å². The van der Waals surface area contributed by atoms with E-state index < -0.39 is 5.82 Å². The number of nitrogens with zero attached hydrogens (tertiary/aromatic N) is 4. The maximum absolute atomic E-state index is 14.3. The Labute approximate surface area is 219 Å². The van der Waals surface area contributed by atoms with Gasteiger partial charge in [0.1, 0.15) is 5.82 Å². The third-order valence-electron chi connectivity index (χ3n) is 7.31. The van der Waals surface area contributed by atoms with Crippen molar-refractivity contribution in [1.82, 2.24) is 24.8 Å². The predicted molar refractivity (Wildman–Crippen MR) is 143 cm³/mol. The van der Waals surface area contributed by atoms with E-state index in [9.17, 15) is 14.0 Å². The van der Waals surface area contributed by atoms with Crippen LogP contribution in [0, 0.1) is 5.82 Å². The van der Waals surface area contributed by atoms with Gasteiger partial charge in [-0.1, -0.05) is 0 Å². The van der Waals surface area contributed by atoms with Crippen molar-refractivity contribution in [3.05, 3.63) is 76.4 Å². The first-order valence-corrected chi connectivity index (χ1v) is 13.4. The minimum Gasteiger partial charge on any atom is -0.347 e. The normalized spacial score (nSPS) is 17.8. The number of pyridine rings is 1. The van der Waals surface area contributed by atoms with E-state index in [-0.39, 0.29) is 23.9 Å². The molecule has 3 heterocycles. The molecule has 0 bridgehead atoms. The number of amides is 2. The Balaban J connectivity index is 1.44. The Bertz CT molecular complexity index is 1420. The fourth-order valence-corrected chi connectivity index (χ4v) is 5.61. The maximum atomic E-state index is 14.3. The summed E-state index contributed by atoms with van der Waals surface area (Å²) >= 11 is 1.34. The topological polar surface area (TPSA) is 80.1 Å². The summed E-state index contributed by atoms with van der Waals surface area (Å²) in [4.78, 5) is 35.8. The van der Waals surface area contributed by atoms with Gasteiger partial charge in [-0.05, 0) is 75.3 Å². The van der Waals surface area contributed by atoms with Gasteiger partial charge in [-0.25, -0.2) is 9.37 Å². The summed E-state index contributed by atoms with van der Waals surface area (Å²) in [5.41, 5.74) is 3.01. The number of fused-ring (bicyclic) bond motifs is 1. The molecule has 1 aliphatic carbocycles. The molecule has 7 nitrogen and oxygen atoms in total. The Morgan fingerprint density at radius 1 is 1.16 bits per heavy atom. The average Bonchev–Trinajstić information content (AvgIpc) is 3.57. The predicted octanol–water partition coefficient (Wildman–Crippen LogP) is 5.56. The third-order valence-corrected chi connectivity index (χ3v) is 8.08. The highest BCUT2D eigenvalue weighted by atomic mass is 32.1. The van der Waals surface area contributed by atoms with Gasteiger partial charge in [0.15, 0.2) is 5.01 Å². The molecule has 0 atom stereocenters. The van der Waals surface area contributed by atoms with Crippen LogP contribution in [0.5, 0.6) is 0 Å². The number of rotatable bonds is 6. The second-order valence-corrected chi connectivity index (χ2v) is 10.8. The van der Waals surface area contributed by atoms with Crippen LogP contribution in [0.15, 0.2) is 54.4 Å². The molecule has 0 unspecified atom stereocenters. The molecule has 1 aliphatic rings. The first kappa shape index (κ1) is 25.1. The van der Waals surface area contributed by atoms with E-state index in [1.807, 2.05) is 24.5 Å². The van der Waals surface area contributed by atoms with Crippen molar-refractivity contribution in [2.75, 3.05) is 7.05 Å². The van der Waals surface area contributed by atoms with Crippen LogP contribution in [0.3, 0.4) is 0 Å². The van der Waals surface area contributed by atoms with Gasteiger partial charge >= 0.3 is 0 Å². The van der Waals surface area contributed by atoms with Gasteiger partial charge in [-0.2, -0.15) is 0 Å². The van der Waals surface area contributed by atoms with Gasteiger partial charge in [-0.3, -0.25) is 14.6 Å². The highest BCUT2D eigenvalue weighted by Gasteiger charge is 2.28. The van der Waals surface area contributed by atoms with Crippen LogP contribution in [-0.2, 0) is 0 Å². The Kier molecular flexibility index (Phi) is 7.06. The highest BCUT2D eigenvalue weighted by molar-refractivity contribution is 7.11. The molecule has 3 aromatic heterocycles. The number of benzene rings is 1. The van der Waals surface area contributed by atoms with Crippen LogP contribution in [0.2, 0.25) is 0 Å². The molecule has 0 saturated heterocycles. The number of aromatic nitrogens is 3. The molecule has 0 radical (unpaired) electrons. The molecule has 0 spiro atoms. The number of carbonyl (C=O) groups is 2. The summed E-state index contributed by atoms with van der Waals surface area (Å²) in [5.74, 6) is -0.483. The molecule has 2 amide bonds. The number of thiazole rings is 1. The smallest absolute Gasteiger partial charge is 0.280 e. The maximum Gasteiger partial charge on any atom is 0.280 e. The van der Waals surface area contributed by atoms with E-state index in [0.29, 0.717) is 22.2 Å². The zero-order valence-electron chi connectivity index (χ0n) is 21.1. The molecule has 4 aromatic rings. The second kappa shape index (κ2) is 10.4. The monoisotopic (exact) mass is 519 g/mol. The lowest BCUT2D eigenvalue weighted by molar-refractivity contribution is 0.0754. The molecule has 1 saturated carbocycles. The first-order valence-electron chi connectivity index (χ1n) is 12.6. The highest BCUT2D eigenvalue weighted by Crippen LogP contribution is 2.39. The number of hydrogen-bond acceptors (Lipinski definition) is 5. The van der Waals surface area contributed by atoms with Crippen LogP contribution in [0.25, 0.3) is 16.6 Å². The molecule has 37 heavy (non-hydrogen) atoms. The SMILES string of the molecule is CC(C)N(C)C(=O)c1cc(F)ccc1-n1cc(C2CCC(NC(=O)c3nccs3)CC2)c2ccncc21. The van der Waals surface area contributed by atoms with E-state index in [2.05, 4.69) is 21.5 Å². The third kappa shape index (κ3) is 5.00. The minimum atomic E-state index is -0.447. The summed E-state index contributed by atoms with van der Waals surface area (Å²) in [7, 11) is 1.73. The molecule has 1 N–H and O–H groups in total. The number of hydrogen-bond donors (Lipinski definition) is 1. The van der Waals surface area contributed by atoms with Crippen molar-refractivity contribution >= 4 is 34.1 Å². The van der Waals surface area contributed by atoms with Crippen LogP contribution < -0.4 is 5.32 Å². The number of carbonyl (C=O) groups excluding carboxylic acids is 2. The van der Waals surface area contributed by atoms with E-state index in [1.54, 1.807) is 42.0 Å². The van der Waals surface area contributed by atoms with Gasteiger partial charge in [0.25, 0.3) is 11.8 Å². The zero-order valence-corrected chi connectivity index (χ0v) is 22.0. The Morgan fingerprint density at radius 3 is 2.65 bits per heavy atom. The van der Waals surface area contributed by atoms with Crippen molar-refractivity contribution in [2.45, 2.75) is 57.5 Å². The van der Waals surface area contributed by atoms with E-state index >= 15 is 0 Å². The summed E-state index contributed by atoms with van der Waals surface area (Å²) in [6.45, 7) is 3.86. The molecular formula is C28H30FN5O2S. The van der Waals surface area contributed by atoms with Gasteiger partial charge in [-0.15, -0.1) is 11.3 Å². The largest absolute Gasteiger partial charge is 0.347 e. The first-order chi connectivity index (χ1) is 17.8.